The lowest BCUT2D eigenvalue weighted by molar-refractivity contribution is 0.590. The summed E-state index contributed by atoms with van der Waals surface area (Å²) in [5.41, 5.74) is 13.2. The Morgan fingerprint density at radius 3 is 1.37 bits per heavy atom. The summed E-state index contributed by atoms with van der Waals surface area (Å²) in [4.78, 5) is 2.33. The van der Waals surface area contributed by atoms with Gasteiger partial charge in [-0.3, -0.25) is 0 Å². The molecule has 11 aromatic rings. The predicted molar refractivity (Wildman–Crippen MR) is 262 cm³/mol. The van der Waals surface area contributed by atoms with Crippen LogP contribution in [0.2, 0.25) is 0 Å². The molecule has 0 saturated carbocycles. The predicted octanol–water partition coefficient (Wildman–Crippen LogP) is 17.0. The molecule has 0 radical (unpaired) electrons. The lowest BCUT2D eigenvalue weighted by atomic mass is 9.81. The smallest absolute Gasteiger partial charge is 0.178 e. The number of nitrogens with zero attached hydrogens (tertiary/aromatic N) is 1. The summed E-state index contributed by atoms with van der Waals surface area (Å²) < 4.78 is 13.6. The molecule has 0 aliphatic carbocycles. The zero-order valence-electron chi connectivity index (χ0n) is 36.2. The van der Waals surface area contributed by atoms with Gasteiger partial charge in [0.2, 0.25) is 0 Å². The van der Waals surface area contributed by atoms with Crippen LogP contribution in [0.3, 0.4) is 0 Å². The molecule has 0 bridgehead atoms. The van der Waals surface area contributed by atoms with Crippen molar-refractivity contribution in [1.29, 1.82) is 0 Å². The van der Waals surface area contributed by atoms with Crippen molar-refractivity contribution in [3.05, 3.63) is 210 Å². The zero-order chi connectivity index (χ0) is 42.3. The molecule has 0 amide bonds. The van der Waals surface area contributed by atoms with Gasteiger partial charge >= 0.3 is 0 Å². The third-order valence-electron chi connectivity index (χ3n) is 12.8. The molecule has 3 nitrogen and oxygen atoms in total. The summed E-state index contributed by atoms with van der Waals surface area (Å²) in [5.74, 6) is 0.101. The standard InChI is InChI=1S/C59H49NO2/c1-58(2,3)44-22-19-38(20-23-44)55(37-13-9-7-10-14-37)41-18-17-39-33-51-49-29-30-50-52-34-40-21-26-48(32-43(40)36-54(52)62-57(50)56(49)61-53(51)35-42(39)31-41)60(46-15-11-8-12-16-46)47-27-24-45(25-28-47)59(4,5)6/h7-36,55H,1-6H3. The van der Waals surface area contributed by atoms with Gasteiger partial charge in [0.15, 0.2) is 11.2 Å². The Morgan fingerprint density at radius 1 is 0.355 bits per heavy atom. The molecule has 0 spiro atoms. The number of rotatable bonds is 6. The van der Waals surface area contributed by atoms with E-state index in [0.717, 1.165) is 77.1 Å². The highest BCUT2D eigenvalue weighted by molar-refractivity contribution is 6.21. The van der Waals surface area contributed by atoms with Gasteiger partial charge in [-0.1, -0.05) is 151 Å². The molecule has 2 aromatic heterocycles. The van der Waals surface area contributed by atoms with Gasteiger partial charge in [0.25, 0.3) is 0 Å². The van der Waals surface area contributed by atoms with Crippen molar-refractivity contribution >= 4 is 82.5 Å². The molecular formula is C59H49NO2. The van der Waals surface area contributed by atoms with Crippen molar-refractivity contribution in [3.63, 3.8) is 0 Å². The fraction of sp³-hybridized carbons (Fsp3) is 0.153. The molecule has 0 fully saturated rings. The van der Waals surface area contributed by atoms with Crippen molar-refractivity contribution in [2.24, 2.45) is 0 Å². The van der Waals surface area contributed by atoms with Gasteiger partial charge in [0, 0.05) is 44.5 Å². The first kappa shape index (κ1) is 37.9. The number of hydrogen-bond acceptors (Lipinski definition) is 3. The van der Waals surface area contributed by atoms with Gasteiger partial charge in [-0.2, -0.15) is 0 Å². The normalized spacial score (nSPS) is 12.9. The van der Waals surface area contributed by atoms with Crippen LogP contribution in [0.15, 0.2) is 191 Å². The fourth-order valence-corrected chi connectivity index (χ4v) is 9.41. The second-order valence-electron chi connectivity index (χ2n) is 19.0. The molecule has 1 atom stereocenters. The van der Waals surface area contributed by atoms with Crippen LogP contribution in [0.25, 0.3) is 65.4 Å². The molecule has 0 N–H and O–H groups in total. The Balaban J connectivity index is 1.000. The van der Waals surface area contributed by atoms with Crippen LogP contribution in [0.1, 0.15) is 75.3 Å². The minimum atomic E-state index is 0.0794. The SMILES string of the molecule is CC(C)(C)c1ccc(C(c2ccccc2)c2ccc3cc4c(cc3c2)oc2c4ccc3c4cc5ccc(N(c6ccccc6)c6ccc(C(C)(C)C)cc6)cc5cc4oc32)cc1. The van der Waals surface area contributed by atoms with Crippen LogP contribution in [0.5, 0.6) is 0 Å². The number of para-hydroxylation sites is 1. The topological polar surface area (TPSA) is 29.5 Å². The molecule has 0 aliphatic heterocycles. The van der Waals surface area contributed by atoms with Gasteiger partial charge in [-0.25, -0.2) is 0 Å². The van der Waals surface area contributed by atoms with Gasteiger partial charge < -0.3 is 13.7 Å². The number of benzene rings is 9. The highest BCUT2D eigenvalue weighted by Crippen LogP contribution is 2.43. The quantitative estimate of drug-likeness (QED) is 0.157. The summed E-state index contributed by atoms with van der Waals surface area (Å²) in [6.45, 7) is 13.6. The molecule has 1 unspecified atom stereocenters. The minimum absolute atomic E-state index is 0.0794. The van der Waals surface area contributed by atoms with Crippen LogP contribution >= 0.6 is 0 Å². The van der Waals surface area contributed by atoms with E-state index in [2.05, 4.69) is 228 Å². The van der Waals surface area contributed by atoms with E-state index in [1.165, 1.54) is 33.2 Å². The van der Waals surface area contributed by atoms with E-state index in [0.29, 0.717) is 0 Å². The zero-order valence-corrected chi connectivity index (χ0v) is 36.2. The van der Waals surface area contributed by atoms with E-state index < -0.39 is 0 Å². The third-order valence-corrected chi connectivity index (χ3v) is 12.8. The lowest BCUT2D eigenvalue weighted by Crippen LogP contribution is -2.13. The monoisotopic (exact) mass is 803 g/mol. The number of hydrogen-bond donors (Lipinski definition) is 0. The van der Waals surface area contributed by atoms with E-state index in [9.17, 15) is 0 Å². The van der Waals surface area contributed by atoms with E-state index in [4.69, 9.17) is 8.83 Å². The van der Waals surface area contributed by atoms with E-state index in [1.807, 2.05) is 0 Å². The fourth-order valence-electron chi connectivity index (χ4n) is 9.41. The highest BCUT2D eigenvalue weighted by Gasteiger charge is 2.22. The van der Waals surface area contributed by atoms with Crippen molar-refractivity contribution in [2.75, 3.05) is 4.90 Å². The maximum atomic E-state index is 6.79. The first-order valence-electron chi connectivity index (χ1n) is 21.8. The maximum absolute atomic E-state index is 6.79. The van der Waals surface area contributed by atoms with Gasteiger partial charge in [-0.15, -0.1) is 0 Å². The number of anilines is 3. The largest absolute Gasteiger partial charge is 0.452 e. The van der Waals surface area contributed by atoms with Gasteiger partial charge in [0.05, 0.1) is 0 Å². The van der Waals surface area contributed by atoms with E-state index >= 15 is 0 Å². The molecule has 2 heterocycles. The molecule has 0 aliphatic rings. The summed E-state index contributed by atoms with van der Waals surface area (Å²) in [7, 11) is 0. The Kier molecular flexibility index (Phi) is 8.70. The summed E-state index contributed by atoms with van der Waals surface area (Å²) in [6.07, 6.45) is 0. The van der Waals surface area contributed by atoms with Gasteiger partial charge in [-0.05, 0) is 133 Å². The van der Waals surface area contributed by atoms with E-state index in [1.54, 1.807) is 0 Å². The molecular weight excluding hydrogens is 755 g/mol. The van der Waals surface area contributed by atoms with E-state index in [-0.39, 0.29) is 16.7 Å². The molecule has 9 aromatic carbocycles. The Bertz CT molecular complexity index is 3220. The number of furan rings is 2. The van der Waals surface area contributed by atoms with Crippen molar-refractivity contribution < 1.29 is 8.83 Å². The third kappa shape index (κ3) is 6.51. The van der Waals surface area contributed by atoms with Crippen molar-refractivity contribution in [3.8, 4) is 0 Å². The Labute approximate surface area is 362 Å². The van der Waals surface area contributed by atoms with Gasteiger partial charge in [0.1, 0.15) is 11.2 Å². The second-order valence-corrected chi connectivity index (χ2v) is 19.0. The summed E-state index contributed by atoms with van der Waals surface area (Å²) in [5, 5.41) is 8.89. The van der Waals surface area contributed by atoms with Crippen LogP contribution < -0.4 is 4.90 Å². The molecule has 0 saturated heterocycles. The Hall–Kier alpha value is -7.10. The number of fused-ring (bicyclic) bond motifs is 9. The summed E-state index contributed by atoms with van der Waals surface area (Å²) in [6, 6.07) is 66.5. The van der Waals surface area contributed by atoms with Crippen LogP contribution in [-0.4, -0.2) is 0 Å². The van der Waals surface area contributed by atoms with Crippen molar-refractivity contribution in [2.45, 2.75) is 58.3 Å². The molecule has 302 valence electrons. The lowest BCUT2D eigenvalue weighted by Gasteiger charge is -2.27. The minimum Gasteiger partial charge on any atom is -0.452 e. The molecule has 11 rings (SSSR count). The molecule has 3 heteroatoms. The van der Waals surface area contributed by atoms with Crippen LogP contribution in [-0.2, 0) is 10.8 Å². The average Bonchev–Trinajstić information content (AvgIpc) is 3.83. The van der Waals surface area contributed by atoms with Crippen LogP contribution in [0.4, 0.5) is 17.1 Å². The maximum Gasteiger partial charge on any atom is 0.178 e. The first-order valence-corrected chi connectivity index (χ1v) is 21.8. The average molecular weight is 804 g/mol. The van der Waals surface area contributed by atoms with Crippen LogP contribution in [0, 0.1) is 0 Å². The first-order chi connectivity index (χ1) is 30.0. The summed E-state index contributed by atoms with van der Waals surface area (Å²) >= 11 is 0. The molecule has 62 heavy (non-hydrogen) atoms. The highest BCUT2D eigenvalue weighted by atomic mass is 16.4. The second kappa shape index (κ2) is 14.2. The van der Waals surface area contributed by atoms with Crippen molar-refractivity contribution in [1.82, 2.24) is 0 Å². The Morgan fingerprint density at radius 2 is 0.806 bits per heavy atom.